The molecule has 17 heavy (non-hydrogen) atoms. The number of aryl methyl sites for hydroxylation is 2. The van der Waals surface area contributed by atoms with Gasteiger partial charge in [0.2, 0.25) is 0 Å². The molecule has 96 valence electrons. The summed E-state index contributed by atoms with van der Waals surface area (Å²) >= 11 is 0. The second-order valence-corrected chi connectivity index (χ2v) is 4.95. The maximum Gasteiger partial charge on any atom is 0.0587 e. The Labute approximate surface area is 105 Å². The van der Waals surface area contributed by atoms with Crippen molar-refractivity contribution in [2.75, 3.05) is 20.3 Å². The van der Waals surface area contributed by atoms with E-state index in [4.69, 9.17) is 4.74 Å². The van der Waals surface area contributed by atoms with Gasteiger partial charge in [-0.15, -0.1) is 0 Å². The molecule has 0 saturated carbocycles. The van der Waals surface area contributed by atoms with Crippen LogP contribution in [0.4, 0.5) is 0 Å². The van der Waals surface area contributed by atoms with E-state index in [1.54, 1.807) is 7.11 Å². The molecule has 1 rings (SSSR count). The highest BCUT2D eigenvalue weighted by Crippen LogP contribution is 2.21. The van der Waals surface area contributed by atoms with Crippen LogP contribution < -0.4 is 5.32 Å². The van der Waals surface area contributed by atoms with Crippen LogP contribution in [0.25, 0.3) is 0 Å². The van der Waals surface area contributed by atoms with Gasteiger partial charge in [0.05, 0.1) is 6.61 Å². The molecule has 0 saturated heterocycles. The van der Waals surface area contributed by atoms with Crippen molar-refractivity contribution in [3.63, 3.8) is 0 Å². The fourth-order valence-corrected chi connectivity index (χ4v) is 2.13. The van der Waals surface area contributed by atoms with Gasteiger partial charge in [0.25, 0.3) is 0 Å². The first-order chi connectivity index (χ1) is 8.04. The van der Waals surface area contributed by atoms with Crippen molar-refractivity contribution in [3.8, 4) is 0 Å². The van der Waals surface area contributed by atoms with Gasteiger partial charge in [0, 0.05) is 19.7 Å². The Bertz CT molecular complexity index is 329. The van der Waals surface area contributed by atoms with Crippen molar-refractivity contribution in [2.45, 2.75) is 39.7 Å². The zero-order chi connectivity index (χ0) is 12.8. The first-order valence-corrected chi connectivity index (χ1v) is 6.35. The first-order valence-electron chi connectivity index (χ1n) is 6.35. The van der Waals surface area contributed by atoms with Gasteiger partial charge >= 0.3 is 0 Å². The van der Waals surface area contributed by atoms with Crippen LogP contribution in [0, 0.1) is 13.8 Å². The summed E-state index contributed by atoms with van der Waals surface area (Å²) in [6.07, 6.45) is 0. The van der Waals surface area contributed by atoms with Gasteiger partial charge < -0.3 is 10.1 Å². The van der Waals surface area contributed by atoms with Gasteiger partial charge in [0.1, 0.15) is 0 Å². The van der Waals surface area contributed by atoms with Crippen molar-refractivity contribution in [1.82, 2.24) is 5.32 Å². The minimum Gasteiger partial charge on any atom is -0.383 e. The highest BCUT2D eigenvalue weighted by atomic mass is 16.5. The second-order valence-electron chi connectivity index (χ2n) is 4.95. The van der Waals surface area contributed by atoms with E-state index in [2.05, 4.69) is 51.2 Å². The summed E-state index contributed by atoms with van der Waals surface area (Å²) in [5, 5.41) is 3.50. The minimum atomic E-state index is 0.464. The van der Waals surface area contributed by atoms with E-state index in [9.17, 15) is 0 Å². The molecule has 0 spiro atoms. The molecule has 0 amide bonds. The van der Waals surface area contributed by atoms with E-state index >= 15 is 0 Å². The molecular formula is C15H25NO. The van der Waals surface area contributed by atoms with Crippen LogP contribution in [0.3, 0.4) is 0 Å². The highest BCUT2D eigenvalue weighted by Gasteiger charge is 2.14. The third-order valence-corrected chi connectivity index (χ3v) is 3.29. The number of ether oxygens (including phenoxy) is 1. The molecule has 0 aliphatic carbocycles. The van der Waals surface area contributed by atoms with E-state index in [-0.39, 0.29) is 0 Å². The molecule has 0 fully saturated rings. The van der Waals surface area contributed by atoms with Gasteiger partial charge in [-0.2, -0.15) is 0 Å². The molecule has 1 N–H and O–H groups in total. The summed E-state index contributed by atoms with van der Waals surface area (Å²) in [7, 11) is 1.74. The normalized spacial score (nSPS) is 14.6. The second kappa shape index (κ2) is 6.77. The third-order valence-electron chi connectivity index (χ3n) is 3.29. The van der Waals surface area contributed by atoms with Crippen LogP contribution >= 0.6 is 0 Å². The number of hydrogen-bond donors (Lipinski definition) is 1. The summed E-state index contributed by atoms with van der Waals surface area (Å²) in [5.74, 6) is 0.519. The SMILES string of the molecule is COCCNC(C)C(C)c1cc(C)cc(C)c1. The Morgan fingerprint density at radius 3 is 2.24 bits per heavy atom. The van der Waals surface area contributed by atoms with Crippen LogP contribution in [0.5, 0.6) is 0 Å². The van der Waals surface area contributed by atoms with Gasteiger partial charge in [-0.25, -0.2) is 0 Å². The standard InChI is InChI=1S/C15H25NO/c1-11-8-12(2)10-15(9-11)13(3)14(4)16-6-7-17-5/h8-10,13-14,16H,6-7H2,1-5H3. The summed E-state index contributed by atoms with van der Waals surface area (Å²) in [5.41, 5.74) is 4.10. The van der Waals surface area contributed by atoms with Gasteiger partial charge in [-0.1, -0.05) is 36.2 Å². The molecule has 0 aromatic heterocycles. The molecule has 1 aromatic rings. The van der Waals surface area contributed by atoms with E-state index in [0.29, 0.717) is 12.0 Å². The molecule has 0 aliphatic rings. The molecule has 0 aliphatic heterocycles. The summed E-state index contributed by atoms with van der Waals surface area (Å²) < 4.78 is 5.05. The van der Waals surface area contributed by atoms with Crippen molar-refractivity contribution in [2.24, 2.45) is 0 Å². The topological polar surface area (TPSA) is 21.3 Å². The molecule has 0 radical (unpaired) electrons. The smallest absolute Gasteiger partial charge is 0.0587 e. The average Bonchev–Trinajstić information content (AvgIpc) is 2.27. The van der Waals surface area contributed by atoms with E-state index in [1.807, 2.05) is 0 Å². The first kappa shape index (κ1) is 14.2. The number of methoxy groups -OCH3 is 1. The lowest BCUT2D eigenvalue weighted by Crippen LogP contribution is -2.33. The summed E-state index contributed by atoms with van der Waals surface area (Å²) in [6.45, 7) is 10.5. The quantitative estimate of drug-likeness (QED) is 0.765. The minimum absolute atomic E-state index is 0.464. The number of hydrogen-bond acceptors (Lipinski definition) is 2. The lowest BCUT2D eigenvalue weighted by molar-refractivity contribution is 0.195. The van der Waals surface area contributed by atoms with Crippen LogP contribution in [-0.2, 0) is 4.74 Å². The third kappa shape index (κ3) is 4.49. The van der Waals surface area contributed by atoms with Crippen LogP contribution in [0.2, 0.25) is 0 Å². The van der Waals surface area contributed by atoms with Crippen LogP contribution in [0.15, 0.2) is 18.2 Å². The van der Waals surface area contributed by atoms with E-state index in [1.165, 1.54) is 16.7 Å². The number of rotatable bonds is 6. The number of benzene rings is 1. The summed E-state index contributed by atoms with van der Waals surface area (Å²) in [4.78, 5) is 0. The van der Waals surface area contributed by atoms with Gasteiger partial charge in [0.15, 0.2) is 0 Å². The lowest BCUT2D eigenvalue weighted by atomic mass is 9.92. The zero-order valence-electron chi connectivity index (χ0n) is 11.7. The molecule has 2 unspecified atom stereocenters. The molecule has 2 nitrogen and oxygen atoms in total. The molecule has 0 bridgehead atoms. The van der Waals surface area contributed by atoms with E-state index < -0.39 is 0 Å². The highest BCUT2D eigenvalue weighted by molar-refractivity contribution is 5.31. The van der Waals surface area contributed by atoms with Crippen LogP contribution in [0.1, 0.15) is 36.5 Å². The molecule has 2 atom stereocenters. The largest absolute Gasteiger partial charge is 0.383 e. The fraction of sp³-hybridized carbons (Fsp3) is 0.600. The average molecular weight is 235 g/mol. The lowest BCUT2D eigenvalue weighted by Gasteiger charge is -2.22. The Hall–Kier alpha value is -0.860. The Morgan fingerprint density at radius 2 is 1.71 bits per heavy atom. The Balaban J connectivity index is 2.64. The van der Waals surface area contributed by atoms with Crippen molar-refractivity contribution >= 4 is 0 Å². The van der Waals surface area contributed by atoms with E-state index in [0.717, 1.165) is 13.2 Å². The number of nitrogens with one attached hydrogen (secondary N) is 1. The van der Waals surface area contributed by atoms with Crippen molar-refractivity contribution in [1.29, 1.82) is 0 Å². The van der Waals surface area contributed by atoms with Gasteiger partial charge in [-0.05, 0) is 32.3 Å². The molecule has 2 heteroatoms. The zero-order valence-corrected chi connectivity index (χ0v) is 11.7. The maximum absolute atomic E-state index is 5.05. The monoisotopic (exact) mass is 235 g/mol. The molecular weight excluding hydrogens is 210 g/mol. The predicted octanol–water partition coefficient (Wildman–Crippen LogP) is 3.03. The Morgan fingerprint density at radius 1 is 1.12 bits per heavy atom. The molecule has 0 heterocycles. The molecule has 1 aromatic carbocycles. The van der Waals surface area contributed by atoms with Crippen molar-refractivity contribution in [3.05, 3.63) is 34.9 Å². The predicted molar refractivity (Wildman–Crippen MR) is 73.7 cm³/mol. The maximum atomic E-state index is 5.05. The Kier molecular flexibility index (Phi) is 5.66. The fourth-order valence-electron chi connectivity index (χ4n) is 2.13. The van der Waals surface area contributed by atoms with Crippen LogP contribution in [-0.4, -0.2) is 26.3 Å². The van der Waals surface area contributed by atoms with Gasteiger partial charge in [-0.3, -0.25) is 0 Å². The summed E-state index contributed by atoms with van der Waals surface area (Å²) in [6, 6.07) is 7.25. The van der Waals surface area contributed by atoms with Crippen molar-refractivity contribution < 1.29 is 4.74 Å².